The van der Waals surface area contributed by atoms with Gasteiger partial charge in [0.15, 0.2) is 0 Å². The standard InChI is InChI=1S/C23H28BrNO4S/c1-3-4-5-8-13-29-18-12-11-15(14-17(18)24)21(26)25-22-20(23(27)28-2)16-9-6-7-10-19(16)30-22/h11-12,14H,3-10,13H2,1-2H3,(H,25,26). The van der Waals surface area contributed by atoms with Crippen LogP contribution in [-0.2, 0) is 17.6 Å². The number of fused-ring (bicyclic) bond motifs is 1. The first-order valence-corrected chi connectivity index (χ1v) is 12.1. The minimum Gasteiger partial charge on any atom is -0.492 e. The van der Waals surface area contributed by atoms with Crippen LogP contribution in [0.2, 0.25) is 0 Å². The van der Waals surface area contributed by atoms with E-state index in [2.05, 4.69) is 28.2 Å². The molecule has 2 aromatic rings. The Morgan fingerprint density at radius 2 is 1.97 bits per heavy atom. The largest absolute Gasteiger partial charge is 0.492 e. The summed E-state index contributed by atoms with van der Waals surface area (Å²) in [7, 11) is 1.37. The molecule has 0 spiro atoms. The zero-order valence-electron chi connectivity index (χ0n) is 17.5. The summed E-state index contributed by atoms with van der Waals surface area (Å²) in [5, 5.41) is 3.50. The number of anilines is 1. The van der Waals surface area contributed by atoms with Crippen LogP contribution in [0.4, 0.5) is 5.00 Å². The molecule has 162 valence electrons. The van der Waals surface area contributed by atoms with E-state index in [4.69, 9.17) is 9.47 Å². The molecule has 0 bridgehead atoms. The number of esters is 1. The van der Waals surface area contributed by atoms with Crippen LogP contribution in [0, 0.1) is 0 Å². The molecule has 1 aromatic heterocycles. The van der Waals surface area contributed by atoms with Crippen molar-refractivity contribution in [2.45, 2.75) is 58.3 Å². The van der Waals surface area contributed by atoms with Gasteiger partial charge >= 0.3 is 5.97 Å². The molecule has 0 saturated carbocycles. The van der Waals surface area contributed by atoms with E-state index in [1.165, 1.54) is 36.2 Å². The Balaban J connectivity index is 1.71. The zero-order chi connectivity index (χ0) is 21.5. The average molecular weight is 494 g/mol. The highest BCUT2D eigenvalue weighted by Gasteiger charge is 2.27. The van der Waals surface area contributed by atoms with Gasteiger partial charge in [-0.3, -0.25) is 4.79 Å². The zero-order valence-corrected chi connectivity index (χ0v) is 19.9. The van der Waals surface area contributed by atoms with E-state index in [1.807, 2.05) is 0 Å². The van der Waals surface area contributed by atoms with Gasteiger partial charge in [0.1, 0.15) is 10.8 Å². The lowest BCUT2D eigenvalue weighted by Gasteiger charge is -2.12. The van der Waals surface area contributed by atoms with Crippen LogP contribution >= 0.6 is 27.3 Å². The lowest BCUT2D eigenvalue weighted by Crippen LogP contribution is -2.15. The minimum atomic E-state index is -0.391. The predicted molar refractivity (Wildman–Crippen MR) is 124 cm³/mol. The van der Waals surface area contributed by atoms with Gasteiger partial charge < -0.3 is 14.8 Å². The van der Waals surface area contributed by atoms with E-state index >= 15 is 0 Å². The first-order valence-electron chi connectivity index (χ1n) is 10.5. The first kappa shape index (κ1) is 22.8. The molecule has 1 amide bonds. The van der Waals surface area contributed by atoms with Gasteiger partial charge in [-0.25, -0.2) is 4.79 Å². The number of thiophene rings is 1. The number of hydrogen-bond acceptors (Lipinski definition) is 5. The topological polar surface area (TPSA) is 64.6 Å². The Kier molecular flexibility index (Phi) is 8.33. The molecule has 0 unspecified atom stereocenters. The molecule has 1 aliphatic carbocycles. The second-order valence-electron chi connectivity index (χ2n) is 7.42. The average Bonchev–Trinajstić information content (AvgIpc) is 3.11. The molecule has 7 heteroatoms. The monoisotopic (exact) mass is 493 g/mol. The van der Waals surface area contributed by atoms with Crippen LogP contribution in [0.5, 0.6) is 5.75 Å². The maximum atomic E-state index is 12.9. The Hall–Kier alpha value is -1.86. The van der Waals surface area contributed by atoms with Crippen molar-refractivity contribution < 1.29 is 19.1 Å². The molecule has 0 radical (unpaired) electrons. The fraction of sp³-hybridized carbons (Fsp3) is 0.478. The number of nitrogens with one attached hydrogen (secondary N) is 1. The Morgan fingerprint density at radius 3 is 2.70 bits per heavy atom. The number of amides is 1. The second-order valence-corrected chi connectivity index (χ2v) is 9.37. The fourth-order valence-corrected chi connectivity index (χ4v) is 5.38. The van der Waals surface area contributed by atoms with Gasteiger partial charge in [0.2, 0.25) is 0 Å². The van der Waals surface area contributed by atoms with E-state index in [1.54, 1.807) is 18.2 Å². The molecule has 0 saturated heterocycles. The van der Waals surface area contributed by atoms with Crippen molar-refractivity contribution in [3.63, 3.8) is 0 Å². The van der Waals surface area contributed by atoms with Crippen molar-refractivity contribution in [1.29, 1.82) is 0 Å². The normalized spacial score (nSPS) is 12.9. The quantitative estimate of drug-likeness (QED) is 0.324. The number of ether oxygens (including phenoxy) is 2. The van der Waals surface area contributed by atoms with E-state index < -0.39 is 5.97 Å². The number of unbranched alkanes of at least 4 members (excludes halogenated alkanes) is 3. The summed E-state index contributed by atoms with van der Waals surface area (Å²) in [5.74, 6) is 0.0801. The molecular weight excluding hydrogens is 466 g/mol. The third-order valence-electron chi connectivity index (χ3n) is 5.24. The summed E-state index contributed by atoms with van der Waals surface area (Å²) >= 11 is 4.99. The summed E-state index contributed by atoms with van der Waals surface area (Å²) in [4.78, 5) is 26.4. The highest BCUT2D eigenvalue weighted by atomic mass is 79.9. The molecule has 1 N–H and O–H groups in total. The lowest BCUT2D eigenvalue weighted by atomic mass is 9.95. The van der Waals surface area contributed by atoms with Crippen molar-refractivity contribution in [2.24, 2.45) is 0 Å². The highest BCUT2D eigenvalue weighted by Crippen LogP contribution is 2.39. The summed E-state index contributed by atoms with van der Waals surface area (Å²) < 4.78 is 11.5. The number of halogens is 1. The predicted octanol–water partition coefficient (Wildman–Crippen LogP) is 6.39. The first-order chi connectivity index (χ1) is 14.5. The molecule has 30 heavy (non-hydrogen) atoms. The number of methoxy groups -OCH3 is 1. The second kappa shape index (κ2) is 11.0. The summed E-state index contributed by atoms with van der Waals surface area (Å²) in [6.45, 7) is 2.84. The van der Waals surface area contributed by atoms with Crippen LogP contribution in [0.3, 0.4) is 0 Å². The van der Waals surface area contributed by atoms with Crippen LogP contribution in [0.1, 0.15) is 76.6 Å². The maximum Gasteiger partial charge on any atom is 0.341 e. The van der Waals surface area contributed by atoms with Gasteiger partial charge in [0, 0.05) is 10.4 Å². The molecule has 3 rings (SSSR count). The van der Waals surface area contributed by atoms with Gasteiger partial charge in [-0.15, -0.1) is 11.3 Å². The van der Waals surface area contributed by atoms with Gasteiger partial charge in [-0.1, -0.05) is 26.2 Å². The molecule has 0 aliphatic heterocycles. The Bertz CT molecular complexity index is 909. The third-order valence-corrected chi connectivity index (χ3v) is 7.06. The van der Waals surface area contributed by atoms with Crippen molar-refractivity contribution in [3.05, 3.63) is 44.2 Å². The molecular formula is C23H28BrNO4S. The number of rotatable bonds is 9. The van der Waals surface area contributed by atoms with Gasteiger partial charge in [0.05, 0.1) is 23.8 Å². The maximum absolute atomic E-state index is 12.9. The van der Waals surface area contributed by atoms with Crippen molar-refractivity contribution in [1.82, 2.24) is 0 Å². The molecule has 0 fully saturated rings. The van der Waals surface area contributed by atoms with E-state index in [0.29, 0.717) is 22.7 Å². The van der Waals surface area contributed by atoms with Crippen LogP contribution in [-0.4, -0.2) is 25.6 Å². The number of hydrogen-bond donors (Lipinski definition) is 1. The van der Waals surface area contributed by atoms with Gasteiger partial charge in [-0.05, 0) is 71.8 Å². The van der Waals surface area contributed by atoms with Crippen LogP contribution in [0.15, 0.2) is 22.7 Å². The summed E-state index contributed by atoms with van der Waals surface area (Å²) in [6.07, 6.45) is 8.52. The molecule has 0 atom stereocenters. The van der Waals surface area contributed by atoms with E-state index in [9.17, 15) is 9.59 Å². The Morgan fingerprint density at radius 1 is 1.17 bits per heavy atom. The number of carbonyl (C=O) groups is 2. The van der Waals surface area contributed by atoms with E-state index in [0.717, 1.165) is 54.3 Å². The number of benzene rings is 1. The lowest BCUT2D eigenvalue weighted by molar-refractivity contribution is 0.0601. The molecule has 1 aromatic carbocycles. The summed E-state index contributed by atoms with van der Waals surface area (Å²) in [5.41, 5.74) is 2.04. The van der Waals surface area contributed by atoms with Crippen molar-refractivity contribution in [3.8, 4) is 5.75 Å². The van der Waals surface area contributed by atoms with Gasteiger partial charge in [0.25, 0.3) is 5.91 Å². The Labute approximate surface area is 190 Å². The third kappa shape index (κ3) is 5.43. The van der Waals surface area contributed by atoms with Crippen molar-refractivity contribution >= 4 is 44.1 Å². The molecule has 1 aliphatic rings. The number of carbonyl (C=O) groups excluding carboxylic acids is 2. The summed E-state index contributed by atoms with van der Waals surface area (Å²) in [6, 6.07) is 5.30. The van der Waals surface area contributed by atoms with Crippen LogP contribution < -0.4 is 10.1 Å². The SMILES string of the molecule is CCCCCCOc1ccc(C(=O)Nc2sc3c(c2C(=O)OC)CCCC3)cc1Br. The van der Waals surface area contributed by atoms with E-state index in [-0.39, 0.29) is 5.91 Å². The number of aryl methyl sites for hydroxylation is 1. The molecule has 1 heterocycles. The fourth-order valence-electron chi connectivity index (χ4n) is 3.62. The van der Waals surface area contributed by atoms with Crippen LogP contribution in [0.25, 0.3) is 0 Å². The molecule has 5 nitrogen and oxygen atoms in total. The minimum absolute atomic E-state index is 0.256. The van der Waals surface area contributed by atoms with Gasteiger partial charge in [-0.2, -0.15) is 0 Å². The van der Waals surface area contributed by atoms with Crippen molar-refractivity contribution in [2.75, 3.05) is 19.0 Å². The highest BCUT2D eigenvalue weighted by molar-refractivity contribution is 9.10. The smallest absolute Gasteiger partial charge is 0.341 e.